The van der Waals surface area contributed by atoms with E-state index in [2.05, 4.69) is 17.0 Å². The van der Waals surface area contributed by atoms with E-state index in [-0.39, 0.29) is 12.6 Å². The quantitative estimate of drug-likeness (QED) is 0.807. The lowest BCUT2D eigenvalue weighted by atomic mass is 9.83. The van der Waals surface area contributed by atoms with Gasteiger partial charge >= 0.3 is 7.12 Å². The third-order valence-electron chi connectivity index (χ3n) is 5.42. The summed E-state index contributed by atoms with van der Waals surface area (Å²) in [6.45, 7) is 10.1. The molecule has 0 unspecified atom stereocenters. The summed E-state index contributed by atoms with van der Waals surface area (Å²) in [6, 6.07) is 1.89. The molecule has 0 N–H and O–H groups in total. The lowest BCUT2D eigenvalue weighted by Crippen LogP contribution is -2.41. The standard InChI is InChI=1S/C17H24BN3O3/c1-15(2)16(3,4)24-18(23-15)14-11-9-13(22-17(5)7-8-17)19-10-12(11)21(6)20-14/h9-10H,7-8H2,1-6H3/i6T. The maximum atomic E-state index is 7.73. The van der Waals surface area contributed by atoms with Crippen LogP contribution in [0.1, 0.15) is 48.8 Å². The fourth-order valence-electron chi connectivity index (χ4n) is 2.79. The smallest absolute Gasteiger partial charge is 0.471 e. The molecule has 24 heavy (non-hydrogen) atoms. The number of ether oxygens (including phenoxy) is 1. The van der Waals surface area contributed by atoms with Crippen molar-refractivity contribution in [3.63, 3.8) is 0 Å². The van der Waals surface area contributed by atoms with Crippen LogP contribution < -0.4 is 10.3 Å². The Morgan fingerprint density at radius 2 is 1.88 bits per heavy atom. The molecule has 0 aromatic carbocycles. The minimum atomic E-state index is -0.577. The van der Waals surface area contributed by atoms with Gasteiger partial charge in [-0.25, -0.2) is 4.98 Å². The molecule has 2 fully saturated rings. The van der Waals surface area contributed by atoms with Crippen LogP contribution in [-0.4, -0.2) is 38.7 Å². The van der Waals surface area contributed by atoms with Crippen molar-refractivity contribution in [3.8, 4) is 5.88 Å². The Balaban J connectivity index is 1.76. The molecule has 1 aliphatic heterocycles. The summed E-state index contributed by atoms with van der Waals surface area (Å²) in [4.78, 5) is 4.39. The molecule has 0 amide bonds. The number of aromatic nitrogens is 3. The van der Waals surface area contributed by atoms with Gasteiger partial charge < -0.3 is 14.0 Å². The second-order valence-corrected chi connectivity index (χ2v) is 8.06. The minimum absolute atomic E-state index is 0.00953. The van der Waals surface area contributed by atoms with Gasteiger partial charge in [-0.3, -0.25) is 4.68 Å². The Labute approximate surface area is 144 Å². The highest BCUT2D eigenvalue weighted by molar-refractivity contribution is 6.64. The second kappa shape index (κ2) is 4.73. The largest absolute Gasteiger partial charge is 0.517 e. The number of fused-ring (bicyclic) bond motifs is 1. The van der Waals surface area contributed by atoms with Gasteiger partial charge in [-0.05, 0) is 47.5 Å². The van der Waals surface area contributed by atoms with Gasteiger partial charge in [-0.1, -0.05) is 0 Å². The van der Waals surface area contributed by atoms with Crippen LogP contribution >= 0.6 is 0 Å². The first-order valence-electron chi connectivity index (χ1n) is 9.05. The SMILES string of the molecule is [3H]Cn1nc(B2OC(C)(C)C(C)(C)O2)c2cc(OC3(C)CC3)ncc21. The Bertz CT molecular complexity index is 816. The molecule has 4 rings (SSSR count). The van der Waals surface area contributed by atoms with Crippen molar-refractivity contribution in [3.05, 3.63) is 12.3 Å². The zero-order chi connectivity index (χ0) is 18.0. The first-order chi connectivity index (χ1) is 11.6. The summed E-state index contributed by atoms with van der Waals surface area (Å²) in [5, 5.41) is 5.42. The molecule has 0 spiro atoms. The topological polar surface area (TPSA) is 58.4 Å². The van der Waals surface area contributed by atoms with Gasteiger partial charge in [0.25, 0.3) is 0 Å². The van der Waals surface area contributed by atoms with E-state index in [1.54, 1.807) is 10.9 Å². The number of nitrogens with zero attached hydrogens (tertiary/aromatic N) is 3. The summed E-state index contributed by atoms with van der Waals surface area (Å²) in [6.07, 6.45) is 3.80. The first kappa shape index (κ1) is 14.7. The van der Waals surface area contributed by atoms with Crippen molar-refractivity contribution in [2.75, 3.05) is 0 Å². The number of aryl methyl sites for hydroxylation is 1. The van der Waals surface area contributed by atoms with Gasteiger partial charge in [0.05, 0.1) is 22.9 Å². The van der Waals surface area contributed by atoms with Gasteiger partial charge in [0.2, 0.25) is 5.88 Å². The van der Waals surface area contributed by atoms with Gasteiger partial charge in [-0.2, -0.15) is 5.10 Å². The molecule has 0 bridgehead atoms. The minimum Gasteiger partial charge on any atom is -0.471 e. The maximum Gasteiger partial charge on any atom is 0.517 e. The van der Waals surface area contributed by atoms with E-state index in [0.717, 1.165) is 23.7 Å². The lowest BCUT2D eigenvalue weighted by molar-refractivity contribution is 0.00578. The molecule has 0 atom stereocenters. The van der Waals surface area contributed by atoms with Crippen LogP contribution in [0.5, 0.6) is 5.88 Å². The van der Waals surface area contributed by atoms with Crippen LogP contribution in [0, 0.1) is 0 Å². The molecule has 1 saturated heterocycles. The van der Waals surface area contributed by atoms with Crippen molar-refractivity contribution in [2.45, 2.75) is 64.3 Å². The third-order valence-corrected chi connectivity index (χ3v) is 5.42. The van der Waals surface area contributed by atoms with Crippen LogP contribution in [-0.2, 0) is 16.3 Å². The van der Waals surface area contributed by atoms with Crippen molar-refractivity contribution >= 4 is 23.6 Å². The Kier molecular flexibility index (Phi) is 2.90. The fraction of sp³-hybridized carbons (Fsp3) is 0.647. The molecule has 3 heterocycles. The average molecular weight is 331 g/mol. The fourth-order valence-corrected chi connectivity index (χ4v) is 2.79. The van der Waals surface area contributed by atoms with E-state index in [1.165, 1.54) is 0 Å². The molecule has 7 heteroatoms. The lowest BCUT2D eigenvalue weighted by Gasteiger charge is -2.32. The summed E-state index contributed by atoms with van der Waals surface area (Å²) in [7, 11) is -0.567. The van der Waals surface area contributed by atoms with Crippen LogP contribution in [0.3, 0.4) is 0 Å². The molecular weight excluding hydrogens is 305 g/mol. The number of pyridine rings is 1. The van der Waals surface area contributed by atoms with Crippen molar-refractivity contribution in [1.82, 2.24) is 14.8 Å². The number of hydrogen-bond acceptors (Lipinski definition) is 5. The Morgan fingerprint density at radius 3 is 2.46 bits per heavy atom. The molecule has 1 aliphatic carbocycles. The number of rotatable bonds is 3. The van der Waals surface area contributed by atoms with Crippen LogP contribution in [0.4, 0.5) is 0 Å². The molecule has 128 valence electrons. The normalized spacial score (nSPS) is 24.2. The Hall–Kier alpha value is -1.60. The predicted molar refractivity (Wildman–Crippen MR) is 92.5 cm³/mol. The Morgan fingerprint density at radius 1 is 1.21 bits per heavy atom. The zero-order valence-electron chi connectivity index (χ0n) is 15.9. The first-order valence-corrected chi connectivity index (χ1v) is 8.34. The van der Waals surface area contributed by atoms with Crippen LogP contribution in [0.25, 0.3) is 10.9 Å². The predicted octanol–water partition coefficient (Wildman–Crippen LogP) is 2.20. The van der Waals surface area contributed by atoms with Gasteiger partial charge in [0, 0.05) is 19.8 Å². The van der Waals surface area contributed by atoms with E-state index >= 15 is 0 Å². The zero-order valence-corrected chi connectivity index (χ0v) is 14.9. The summed E-state index contributed by atoms with van der Waals surface area (Å²) < 4.78 is 27.6. The molecule has 2 aliphatic rings. The molecule has 2 aromatic rings. The summed E-state index contributed by atoms with van der Waals surface area (Å²) in [5.74, 6) is 0.579. The van der Waals surface area contributed by atoms with Crippen molar-refractivity contribution in [1.29, 1.82) is 0 Å². The van der Waals surface area contributed by atoms with Crippen molar-refractivity contribution < 1.29 is 15.4 Å². The van der Waals surface area contributed by atoms with E-state index in [9.17, 15) is 0 Å². The third kappa shape index (κ3) is 2.42. The highest BCUT2D eigenvalue weighted by atomic mass is 16.7. The average Bonchev–Trinajstić information content (AvgIpc) is 3.05. The second-order valence-electron chi connectivity index (χ2n) is 8.06. The molecule has 2 aromatic heterocycles. The highest BCUT2D eigenvalue weighted by Crippen LogP contribution is 2.40. The number of hydrogen-bond donors (Lipinski definition) is 0. The van der Waals surface area contributed by atoms with E-state index in [0.29, 0.717) is 11.5 Å². The van der Waals surface area contributed by atoms with Gasteiger partial charge in [0.15, 0.2) is 0 Å². The summed E-state index contributed by atoms with van der Waals surface area (Å²) in [5.41, 5.74) is 0.476. The van der Waals surface area contributed by atoms with Gasteiger partial charge in [0.1, 0.15) is 11.2 Å². The molecular formula is C17H24BN3O3. The van der Waals surface area contributed by atoms with Crippen molar-refractivity contribution in [2.24, 2.45) is 7.02 Å². The highest BCUT2D eigenvalue weighted by Gasteiger charge is 2.53. The maximum absolute atomic E-state index is 7.73. The molecule has 6 nitrogen and oxygen atoms in total. The van der Waals surface area contributed by atoms with E-state index < -0.39 is 18.3 Å². The van der Waals surface area contributed by atoms with Crippen LogP contribution in [0.15, 0.2) is 12.3 Å². The van der Waals surface area contributed by atoms with E-state index in [4.69, 9.17) is 15.4 Å². The van der Waals surface area contributed by atoms with E-state index in [1.807, 2.05) is 33.8 Å². The monoisotopic (exact) mass is 331 g/mol. The molecule has 0 radical (unpaired) electrons. The van der Waals surface area contributed by atoms with Gasteiger partial charge in [-0.15, -0.1) is 0 Å². The van der Waals surface area contributed by atoms with Crippen LogP contribution in [0.2, 0.25) is 0 Å². The summed E-state index contributed by atoms with van der Waals surface area (Å²) >= 11 is 0. The molecule has 1 saturated carbocycles.